The number of carbonyl (C=O) groups is 1. The Hall–Kier alpha value is -1.25. The van der Waals surface area contributed by atoms with Crippen molar-refractivity contribution in [2.45, 2.75) is 24.8 Å². The molecule has 0 amide bonds. The Bertz CT molecular complexity index is 437. The van der Waals surface area contributed by atoms with Gasteiger partial charge in [0.15, 0.2) is 0 Å². The normalized spacial score (nSPS) is 21.8. The molecule has 1 aliphatic rings. The number of carboxylic acid groups (broad SMARTS) is 1. The maximum atomic E-state index is 12.0. The molecule has 1 unspecified atom stereocenters. The first-order chi connectivity index (χ1) is 7.63. The molecule has 0 spiro atoms. The predicted octanol–water partition coefficient (Wildman–Crippen LogP) is 1.62. The maximum absolute atomic E-state index is 12.0. The van der Waals surface area contributed by atoms with Crippen LogP contribution in [0.1, 0.15) is 19.3 Å². The first kappa shape index (κ1) is 13.8. The monoisotopic (exact) mass is 274 g/mol. The molecule has 0 saturated heterocycles. The van der Waals surface area contributed by atoms with Gasteiger partial charge in [0, 0.05) is 6.42 Å². The minimum absolute atomic E-state index is 0.0436. The fourth-order valence-electron chi connectivity index (χ4n) is 1.30. The van der Waals surface area contributed by atoms with E-state index in [4.69, 9.17) is 5.11 Å². The second-order valence-corrected chi connectivity index (χ2v) is 5.00. The first-order valence-electron chi connectivity index (χ1n) is 4.56. The molecule has 0 fully saturated rings. The lowest BCUT2D eigenvalue weighted by molar-refractivity contribution is -0.142. The molecule has 9 heteroatoms. The Labute approximate surface area is 95.0 Å². The number of aliphatic carboxylic acids is 1. The average molecular weight is 274 g/mol. The maximum Gasteiger partial charge on any atom is 0.534 e. The van der Waals surface area contributed by atoms with Gasteiger partial charge in [-0.25, -0.2) is 0 Å². The average Bonchev–Trinajstić information content (AvgIpc) is 2.16. The summed E-state index contributed by atoms with van der Waals surface area (Å²) in [6.07, 6.45) is 0.921. The highest BCUT2D eigenvalue weighted by molar-refractivity contribution is 7.87. The molecule has 0 radical (unpaired) electrons. The van der Waals surface area contributed by atoms with Gasteiger partial charge in [0.2, 0.25) is 0 Å². The highest BCUT2D eigenvalue weighted by Gasteiger charge is 2.49. The number of alkyl halides is 3. The standard InChI is InChI=1S/C8H9F3O5S/c9-8(10,11)17(14,15)16-6-3-1-5(2-4-6)7(12)13/h3,5H,1-2,4H2,(H,12,13). The van der Waals surface area contributed by atoms with Crippen LogP contribution in [0.2, 0.25) is 0 Å². The van der Waals surface area contributed by atoms with Crippen molar-refractivity contribution in [3.05, 3.63) is 11.8 Å². The molecule has 1 rings (SSSR count). The third-order valence-corrected chi connectivity index (χ3v) is 3.22. The van der Waals surface area contributed by atoms with Crippen LogP contribution in [0.4, 0.5) is 13.2 Å². The zero-order chi connectivity index (χ0) is 13.3. The van der Waals surface area contributed by atoms with Gasteiger partial charge in [0.25, 0.3) is 0 Å². The van der Waals surface area contributed by atoms with E-state index >= 15 is 0 Å². The molecule has 0 aliphatic heterocycles. The molecule has 0 aromatic carbocycles. The zero-order valence-electron chi connectivity index (χ0n) is 8.40. The molecule has 1 aliphatic carbocycles. The van der Waals surface area contributed by atoms with Crippen molar-refractivity contribution in [2.24, 2.45) is 5.92 Å². The third kappa shape index (κ3) is 3.35. The fraction of sp³-hybridized carbons (Fsp3) is 0.625. The van der Waals surface area contributed by atoms with Gasteiger partial charge in [0.1, 0.15) is 5.76 Å². The van der Waals surface area contributed by atoms with E-state index in [1.165, 1.54) is 0 Å². The van der Waals surface area contributed by atoms with Gasteiger partial charge in [-0.15, -0.1) is 0 Å². The topological polar surface area (TPSA) is 80.7 Å². The van der Waals surface area contributed by atoms with E-state index in [1.807, 2.05) is 0 Å². The van der Waals surface area contributed by atoms with Crippen LogP contribution in [0.3, 0.4) is 0 Å². The third-order valence-electron chi connectivity index (χ3n) is 2.22. The number of halogens is 3. The molecule has 1 N–H and O–H groups in total. The molecule has 17 heavy (non-hydrogen) atoms. The molecule has 0 heterocycles. The largest absolute Gasteiger partial charge is 0.534 e. The Morgan fingerprint density at radius 2 is 2.06 bits per heavy atom. The number of carboxylic acids is 1. The molecule has 5 nitrogen and oxygen atoms in total. The van der Waals surface area contributed by atoms with Crippen molar-refractivity contribution in [3.63, 3.8) is 0 Å². The van der Waals surface area contributed by atoms with Crippen LogP contribution >= 0.6 is 0 Å². The summed E-state index contributed by atoms with van der Waals surface area (Å²) in [5, 5.41) is 8.62. The summed E-state index contributed by atoms with van der Waals surface area (Å²) in [6.45, 7) is 0. The molecule has 0 bridgehead atoms. The summed E-state index contributed by atoms with van der Waals surface area (Å²) >= 11 is 0. The van der Waals surface area contributed by atoms with Gasteiger partial charge in [0.05, 0.1) is 5.92 Å². The second kappa shape index (κ2) is 4.55. The molecular weight excluding hydrogens is 265 g/mol. The van der Waals surface area contributed by atoms with E-state index < -0.39 is 27.5 Å². The lowest BCUT2D eigenvalue weighted by atomic mass is 9.94. The van der Waals surface area contributed by atoms with Crippen LogP contribution in [-0.4, -0.2) is 25.0 Å². The number of rotatable bonds is 3. The lowest BCUT2D eigenvalue weighted by Gasteiger charge is -2.19. The summed E-state index contributed by atoms with van der Waals surface area (Å²) in [6, 6.07) is 0. The van der Waals surface area contributed by atoms with Crippen LogP contribution in [0.25, 0.3) is 0 Å². The van der Waals surface area contributed by atoms with E-state index in [9.17, 15) is 26.4 Å². The zero-order valence-corrected chi connectivity index (χ0v) is 9.21. The highest BCUT2D eigenvalue weighted by atomic mass is 32.2. The van der Waals surface area contributed by atoms with Crippen molar-refractivity contribution in [3.8, 4) is 0 Å². The lowest BCUT2D eigenvalue weighted by Crippen LogP contribution is -2.26. The van der Waals surface area contributed by atoms with Crippen LogP contribution in [0.15, 0.2) is 11.8 Å². The molecule has 0 aromatic rings. The van der Waals surface area contributed by atoms with E-state index in [-0.39, 0.29) is 25.0 Å². The van der Waals surface area contributed by atoms with Gasteiger partial charge in [-0.05, 0) is 18.9 Å². The second-order valence-electron chi connectivity index (χ2n) is 3.46. The van der Waals surface area contributed by atoms with Gasteiger partial charge >= 0.3 is 21.6 Å². The van der Waals surface area contributed by atoms with E-state index in [1.54, 1.807) is 0 Å². The van der Waals surface area contributed by atoms with E-state index in [2.05, 4.69) is 4.18 Å². The summed E-state index contributed by atoms with van der Waals surface area (Å²) in [7, 11) is -5.65. The smallest absolute Gasteiger partial charge is 0.481 e. The highest BCUT2D eigenvalue weighted by Crippen LogP contribution is 2.31. The Morgan fingerprint density at radius 1 is 1.47 bits per heavy atom. The van der Waals surface area contributed by atoms with Crippen LogP contribution in [0.5, 0.6) is 0 Å². The van der Waals surface area contributed by atoms with Crippen LogP contribution < -0.4 is 0 Å². The Kier molecular flexibility index (Phi) is 3.70. The minimum atomic E-state index is -5.65. The summed E-state index contributed by atoms with van der Waals surface area (Å²) < 4.78 is 61.0. The molecule has 1 atom stereocenters. The number of hydrogen-bond donors (Lipinski definition) is 1. The van der Waals surface area contributed by atoms with Crippen LogP contribution in [0, 0.1) is 5.92 Å². The van der Waals surface area contributed by atoms with Gasteiger partial charge in [-0.1, -0.05) is 0 Å². The van der Waals surface area contributed by atoms with Crippen molar-refractivity contribution >= 4 is 16.1 Å². The van der Waals surface area contributed by atoms with Crippen molar-refractivity contribution < 1.29 is 35.7 Å². The van der Waals surface area contributed by atoms with Gasteiger partial charge in [-0.3, -0.25) is 4.79 Å². The molecular formula is C8H9F3O5S. The van der Waals surface area contributed by atoms with E-state index in [0.29, 0.717) is 0 Å². The van der Waals surface area contributed by atoms with E-state index in [0.717, 1.165) is 6.08 Å². The van der Waals surface area contributed by atoms with Crippen molar-refractivity contribution in [2.75, 3.05) is 0 Å². The summed E-state index contributed by atoms with van der Waals surface area (Å²) in [5.41, 5.74) is -5.47. The molecule has 98 valence electrons. The molecule has 0 aromatic heterocycles. The number of hydrogen-bond acceptors (Lipinski definition) is 4. The van der Waals surface area contributed by atoms with Gasteiger partial charge in [-0.2, -0.15) is 21.6 Å². The minimum Gasteiger partial charge on any atom is -0.481 e. The quantitative estimate of drug-likeness (QED) is 0.624. The van der Waals surface area contributed by atoms with Crippen LogP contribution in [-0.2, 0) is 19.1 Å². The number of allylic oxidation sites excluding steroid dienone is 2. The van der Waals surface area contributed by atoms with Gasteiger partial charge < -0.3 is 9.29 Å². The summed E-state index contributed by atoms with van der Waals surface area (Å²) in [4.78, 5) is 10.5. The Morgan fingerprint density at radius 3 is 2.41 bits per heavy atom. The first-order valence-corrected chi connectivity index (χ1v) is 5.97. The fourth-order valence-corrected chi connectivity index (χ4v) is 1.83. The van der Waals surface area contributed by atoms with Crippen molar-refractivity contribution in [1.82, 2.24) is 0 Å². The SMILES string of the molecule is O=C(O)C1CC=C(OS(=O)(=O)C(F)(F)F)CC1. The summed E-state index contributed by atoms with van der Waals surface area (Å²) in [5.74, 6) is -2.14. The van der Waals surface area contributed by atoms with Crippen molar-refractivity contribution in [1.29, 1.82) is 0 Å². The Balaban J connectivity index is 2.71. The molecule has 0 saturated carbocycles. The predicted molar refractivity (Wildman–Crippen MR) is 49.1 cm³/mol.